The van der Waals surface area contributed by atoms with E-state index in [1.54, 1.807) is 0 Å². The zero-order valence-corrected chi connectivity index (χ0v) is 16.7. The minimum atomic E-state index is -3.11. The lowest BCUT2D eigenvalue weighted by atomic mass is 10.2. The summed E-state index contributed by atoms with van der Waals surface area (Å²) in [5, 5.41) is 0.385. The van der Waals surface area contributed by atoms with Crippen LogP contribution in [-0.4, -0.2) is 68.2 Å². The number of rotatable bonds is 2. The maximum atomic E-state index is 12.5. The number of benzene rings is 1. The van der Waals surface area contributed by atoms with Gasteiger partial charge < -0.3 is 19.1 Å². The lowest BCUT2D eigenvalue weighted by Gasteiger charge is -2.26. The van der Waals surface area contributed by atoms with Crippen LogP contribution in [0.15, 0.2) is 23.2 Å². The van der Waals surface area contributed by atoms with Crippen LogP contribution in [0, 0.1) is 0 Å². The number of carbonyl (C=O) groups excluding carboxylic acids is 1. The predicted octanol–water partition coefficient (Wildman–Crippen LogP) is 1.24. The minimum absolute atomic E-state index is 0.0479. The maximum absolute atomic E-state index is 12.5. The molecular weight excluding hydrogens is 404 g/mol. The molecule has 4 aliphatic rings. The lowest BCUT2D eigenvalue weighted by molar-refractivity contribution is -0.126. The van der Waals surface area contributed by atoms with E-state index in [0.29, 0.717) is 42.9 Å². The number of ether oxygens (including phenoxy) is 3. The second kappa shape index (κ2) is 6.93. The Morgan fingerprint density at radius 2 is 1.96 bits per heavy atom. The van der Waals surface area contributed by atoms with Crippen LogP contribution in [0.3, 0.4) is 0 Å². The molecule has 0 N–H and O–H groups in total. The van der Waals surface area contributed by atoms with Gasteiger partial charge in [0.1, 0.15) is 19.3 Å². The number of nitrogens with zero attached hydrogens (tertiary/aromatic N) is 2. The van der Waals surface area contributed by atoms with Crippen LogP contribution in [0.1, 0.15) is 12.8 Å². The molecule has 8 nitrogen and oxygen atoms in total. The molecule has 1 aromatic carbocycles. The monoisotopic (exact) mass is 424 g/mol. The molecule has 5 rings (SSSR count). The summed E-state index contributed by atoms with van der Waals surface area (Å²) < 4.78 is 41.1. The highest BCUT2D eigenvalue weighted by atomic mass is 32.2. The molecule has 0 saturated carbocycles. The standard InChI is InChI=1S/C18H20N2O6S2/c21-17(14-2-1-5-24-14)19-18-20(12-9-28(22,23)10-16(12)27-18)11-3-4-13-15(8-11)26-7-6-25-13/h3-4,8,12,14,16H,1-2,5-7,9-10H2/t12-,14+,16+/m1/s1. The van der Waals surface area contributed by atoms with E-state index >= 15 is 0 Å². The number of amides is 1. The van der Waals surface area contributed by atoms with Crippen molar-refractivity contribution < 1.29 is 27.4 Å². The van der Waals surface area contributed by atoms with Crippen molar-refractivity contribution in [1.29, 1.82) is 0 Å². The first-order valence-corrected chi connectivity index (χ1v) is 12.0. The summed E-state index contributed by atoms with van der Waals surface area (Å²) in [6.07, 6.45) is 1.02. The number of fused-ring (bicyclic) bond motifs is 2. The van der Waals surface area contributed by atoms with Crippen LogP contribution < -0.4 is 14.4 Å². The van der Waals surface area contributed by atoms with Crippen molar-refractivity contribution in [3.8, 4) is 11.5 Å². The van der Waals surface area contributed by atoms with Crippen LogP contribution in [0.4, 0.5) is 5.69 Å². The van der Waals surface area contributed by atoms with Gasteiger partial charge in [0.05, 0.1) is 17.5 Å². The van der Waals surface area contributed by atoms with Gasteiger partial charge in [0.25, 0.3) is 5.91 Å². The van der Waals surface area contributed by atoms with E-state index in [9.17, 15) is 13.2 Å². The van der Waals surface area contributed by atoms with E-state index in [2.05, 4.69) is 4.99 Å². The van der Waals surface area contributed by atoms with Gasteiger partial charge in [0, 0.05) is 23.6 Å². The van der Waals surface area contributed by atoms with Gasteiger partial charge in [-0.1, -0.05) is 11.8 Å². The number of thioether (sulfide) groups is 1. The summed E-state index contributed by atoms with van der Waals surface area (Å²) >= 11 is 1.36. The van der Waals surface area contributed by atoms with Crippen LogP contribution in [0.2, 0.25) is 0 Å². The van der Waals surface area contributed by atoms with Crippen molar-refractivity contribution in [1.82, 2.24) is 0 Å². The molecule has 3 atom stereocenters. The number of hydrogen-bond donors (Lipinski definition) is 0. The number of aliphatic imine (C=N–C) groups is 1. The summed E-state index contributed by atoms with van der Waals surface area (Å²) in [5.41, 5.74) is 0.750. The number of amidine groups is 1. The number of hydrogen-bond acceptors (Lipinski definition) is 7. The molecule has 28 heavy (non-hydrogen) atoms. The molecule has 4 aliphatic heterocycles. The zero-order chi connectivity index (χ0) is 19.3. The largest absolute Gasteiger partial charge is 0.486 e. The van der Waals surface area contributed by atoms with Gasteiger partial charge in [-0.25, -0.2) is 8.42 Å². The van der Waals surface area contributed by atoms with Crippen molar-refractivity contribution in [3.63, 3.8) is 0 Å². The van der Waals surface area contributed by atoms with Gasteiger partial charge in [0.15, 0.2) is 26.5 Å². The molecule has 10 heteroatoms. The first-order chi connectivity index (χ1) is 13.5. The van der Waals surface area contributed by atoms with Crippen LogP contribution in [-0.2, 0) is 19.4 Å². The minimum Gasteiger partial charge on any atom is -0.486 e. The van der Waals surface area contributed by atoms with E-state index in [1.165, 1.54) is 11.8 Å². The Labute approximate surface area is 167 Å². The van der Waals surface area contributed by atoms with E-state index < -0.39 is 15.9 Å². The van der Waals surface area contributed by atoms with Crippen molar-refractivity contribution in [2.24, 2.45) is 4.99 Å². The third-order valence-corrected chi connectivity index (χ3v) is 8.49. The van der Waals surface area contributed by atoms with Crippen molar-refractivity contribution in [2.45, 2.75) is 30.2 Å². The molecule has 1 amide bonds. The molecule has 1 aromatic rings. The second-order valence-electron chi connectivity index (χ2n) is 7.23. The second-order valence-corrected chi connectivity index (χ2v) is 10.6. The molecule has 0 unspecified atom stereocenters. The Kier molecular flexibility index (Phi) is 4.52. The Balaban J connectivity index is 1.51. The van der Waals surface area contributed by atoms with Gasteiger partial charge in [-0.15, -0.1) is 0 Å². The van der Waals surface area contributed by atoms with Crippen LogP contribution in [0.5, 0.6) is 11.5 Å². The van der Waals surface area contributed by atoms with E-state index in [-0.39, 0.29) is 28.7 Å². The number of carbonyl (C=O) groups is 1. The Morgan fingerprint density at radius 3 is 2.75 bits per heavy atom. The Bertz CT molecular complexity index is 941. The fourth-order valence-corrected chi connectivity index (χ4v) is 7.91. The van der Waals surface area contributed by atoms with Crippen molar-refractivity contribution >= 4 is 38.4 Å². The van der Waals surface area contributed by atoms with Crippen molar-refractivity contribution in [3.05, 3.63) is 18.2 Å². The van der Waals surface area contributed by atoms with Gasteiger partial charge in [-0.2, -0.15) is 4.99 Å². The molecular formula is C18H20N2O6S2. The van der Waals surface area contributed by atoms with E-state index in [4.69, 9.17) is 14.2 Å². The molecule has 0 radical (unpaired) electrons. The summed E-state index contributed by atoms with van der Waals surface area (Å²) in [6, 6.07) is 5.24. The normalized spacial score (nSPS) is 31.9. The number of sulfone groups is 1. The maximum Gasteiger partial charge on any atom is 0.277 e. The first kappa shape index (κ1) is 18.3. The third kappa shape index (κ3) is 3.27. The average molecular weight is 425 g/mol. The quantitative estimate of drug-likeness (QED) is 0.700. The molecule has 4 heterocycles. The summed E-state index contributed by atoms with van der Waals surface area (Å²) in [4.78, 5) is 18.7. The molecule has 0 aliphatic carbocycles. The summed E-state index contributed by atoms with van der Waals surface area (Å²) in [6.45, 7) is 1.53. The highest BCUT2D eigenvalue weighted by molar-refractivity contribution is 8.16. The molecule has 3 fully saturated rings. The average Bonchev–Trinajstić information content (AvgIpc) is 3.36. The Morgan fingerprint density at radius 1 is 1.14 bits per heavy atom. The van der Waals surface area contributed by atoms with Gasteiger partial charge in [0.2, 0.25) is 0 Å². The molecule has 0 spiro atoms. The van der Waals surface area contributed by atoms with Crippen LogP contribution in [0.25, 0.3) is 0 Å². The van der Waals surface area contributed by atoms with Gasteiger partial charge in [-0.05, 0) is 25.0 Å². The highest BCUT2D eigenvalue weighted by Gasteiger charge is 2.49. The summed E-state index contributed by atoms with van der Waals surface area (Å²) in [7, 11) is -3.11. The molecule has 150 valence electrons. The predicted molar refractivity (Wildman–Crippen MR) is 105 cm³/mol. The van der Waals surface area contributed by atoms with Gasteiger partial charge in [-0.3, -0.25) is 4.79 Å². The Hall–Kier alpha value is -1.78. The highest BCUT2D eigenvalue weighted by Crippen LogP contribution is 2.43. The smallest absolute Gasteiger partial charge is 0.277 e. The van der Waals surface area contributed by atoms with E-state index in [1.807, 2.05) is 23.1 Å². The molecule has 0 bridgehead atoms. The van der Waals surface area contributed by atoms with E-state index in [0.717, 1.165) is 12.1 Å². The molecule has 0 aromatic heterocycles. The van der Waals surface area contributed by atoms with Crippen LogP contribution >= 0.6 is 11.8 Å². The lowest BCUT2D eigenvalue weighted by Crippen LogP contribution is -2.38. The number of anilines is 1. The molecule has 3 saturated heterocycles. The van der Waals surface area contributed by atoms with Gasteiger partial charge >= 0.3 is 0 Å². The van der Waals surface area contributed by atoms with Crippen molar-refractivity contribution in [2.75, 3.05) is 36.2 Å². The first-order valence-electron chi connectivity index (χ1n) is 9.30. The fraction of sp³-hybridized carbons (Fsp3) is 0.556. The zero-order valence-electron chi connectivity index (χ0n) is 15.1. The summed E-state index contributed by atoms with van der Waals surface area (Å²) in [5.74, 6) is 1.11. The SMILES string of the molecule is O=C(N=C1S[C@H]2CS(=O)(=O)C[C@H]2N1c1ccc2c(c1)OCCO2)[C@@H]1CCCO1. The third-order valence-electron chi connectivity index (χ3n) is 5.28. The topological polar surface area (TPSA) is 94.5 Å². The fourth-order valence-electron chi connectivity index (χ4n) is 3.99.